The molecule has 0 aliphatic carbocycles. The zero-order valence-corrected chi connectivity index (χ0v) is 14.0. The third kappa shape index (κ3) is 3.64. The summed E-state index contributed by atoms with van der Waals surface area (Å²) in [6.45, 7) is 4.29. The Kier molecular flexibility index (Phi) is 4.93. The van der Waals surface area contributed by atoms with E-state index in [1.165, 1.54) is 20.0 Å². The Balaban J connectivity index is 1.82. The Morgan fingerprint density at radius 2 is 2.17 bits per heavy atom. The number of aromatic nitrogens is 2. The summed E-state index contributed by atoms with van der Waals surface area (Å²) in [7, 11) is 1.37. The number of benzene rings is 1. The number of para-hydroxylation sites is 1. The number of carbonyl (C=O) groups is 1. The minimum Gasteiger partial charge on any atom is -0.465 e. The molecule has 1 aromatic heterocycles. The molecule has 0 bridgehead atoms. The molecule has 1 aromatic carbocycles. The van der Waals surface area contributed by atoms with E-state index < -0.39 is 0 Å². The highest BCUT2D eigenvalue weighted by Crippen LogP contribution is 2.25. The maximum Gasteiger partial charge on any atom is 0.339 e. The number of methoxy groups -OCH3 is 1. The van der Waals surface area contributed by atoms with Crippen molar-refractivity contribution in [3.05, 3.63) is 42.2 Å². The van der Waals surface area contributed by atoms with Crippen molar-refractivity contribution < 1.29 is 9.53 Å². The highest BCUT2D eigenvalue weighted by molar-refractivity contribution is 5.96. The summed E-state index contributed by atoms with van der Waals surface area (Å²) in [4.78, 5) is 22.8. The average molecular weight is 326 g/mol. The molecule has 2 heterocycles. The van der Waals surface area contributed by atoms with Gasteiger partial charge < -0.3 is 15.0 Å². The van der Waals surface area contributed by atoms with Crippen LogP contribution in [0.2, 0.25) is 0 Å². The smallest absolute Gasteiger partial charge is 0.339 e. The van der Waals surface area contributed by atoms with Crippen LogP contribution in [0.25, 0.3) is 0 Å². The molecule has 0 amide bonds. The van der Waals surface area contributed by atoms with Gasteiger partial charge >= 0.3 is 5.97 Å². The van der Waals surface area contributed by atoms with Crippen LogP contribution in [0.5, 0.6) is 0 Å². The van der Waals surface area contributed by atoms with Crippen LogP contribution in [-0.4, -0.2) is 36.1 Å². The molecule has 3 rings (SSSR count). The fraction of sp³-hybridized carbons (Fsp3) is 0.389. The van der Waals surface area contributed by atoms with Gasteiger partial charge in [-0.3, -0.25) is 0 Å². The molecule has 0 radical (unpaired) electrons. The number of anilines is 3. The van der Waals surface area contributed by atoms with Crippen molar-refractivity contribution in [3.63, 3.8) is 0 Å². The second-order valence-electron chi connectivity index (χ2n) is 6.12. The number of esters is 1. The molecule has 0 saturated carbocycles. The minimum absolute atomic E-state index is 0.378. The highest BCUT2D eigenvalue weighted by Gasteiger charge is 2.18. The van der Waals surface area contributed by atoms with Crippen molar-refractivity contribution in [1.82, 2.24) is 9.97 Å². The second kappa shape index (κ2) is 7.29. The summed E-state index contributed by atoms with van der Waals surface area (Å²) >= 11 is 0. The number of nitrogens with zero attached hydrogens (tertiary/aromatic N) is 3. The quantitative estimate of drug-likeness (QED) is 0.870. The summed E-state index contributed by atoms with van der Waals surface area (Å²) in [5.41, 5.74) is 1.15. The molecular weight excluding hydrogens is 304 g/mol. The molecule has 2 aromatic rings. The molecule has 1 aliphatic heterocycles. The SMILES string of the molecule is COC(=O)c1ccccc1Nc1cc(N2CCCC(C)C2)ncn1. The van der Waals surface area contributed by atoms with E-state index in [0.29, 0.717) is 23.0 Å². The Morgan fingerprint density at radius 1 is 1.33 bits per heavy atom. The molecule has 0 spiro atoms. The Morgan fingerprint density at radius 3 is 2.96 bits per heavy atom. The van der Waals surface area contributed by atoms with Crippen molar-refractivity contribution in [2.45, 2.75) is 19.8 Å². The third-order valence-electron chi connectivity index (χ3n) is 4.23. The zero-order chi connectivity index (χ0) is 16.9. The topological polar surface area (TPSA) is 67.3 Å². The summed E-state index contributed by atoms with van der Waals surface area (Å²) in [5, 5.41) is 3.20. The predicted octanol–water partition coefficient (Wildman–Crippen LogP) is 3.24. The molecule has 1 atom stereocenters. The van der Waals surface area contributed by atoms with E-state index in [4.69, 9.17) is 4.74 Å². The molecular formula is C18H22N4O2. The van der Waals surface area contributed by atoms with Gasteiger partial charge in [0.2, 0.25) is 0 Å². The molecule has 1 aliphatic rings. The lowest BCUT2D eigenvalue weighted by atomic mass is 10.0. The molecule has 6 nitrogen and oxygen atoms in total. The zero-order valence-electron chi connectivity index (χ0n) is 14.0. The second-order valence-corrected chi connectivity index (χ2v) is 6.12. The van der Waals surface area contributed by atoms with Crippen LogP contribution >= 0.6 is 0 Å². The van der Waals surface area contributed by atoms with E-state index in [1.807, 2.05) is 18.2 Å². The number of hydrogen-bond donors (Lipinski definition) is 1. The average Bonchev–Trinajstić information content (AvgIpc) is 2.62. The normalized spacial score (nSPS) is 17.4. The van der Waals surface area contributed by atoms with Crippen LogP contribution in [0.3, 0.4) is 0 Å². The van der Waals surface area contributed by atoms with Crippen molar-refractivity contribution in [3.8, 4) is 0 Å². The Bertz CT molecular complexity index is 720. The number of ether oxygens (including phenoxy) is 1. The molecule has 126 valence electrons. The van der Waals surface area contributed by atoms with Gasteiger partial charge in [0.15, 0.2) is 0 Å². The first-order chi connectivity index (χ1) is 11.7. The summed E-state index contributed by atoms with van der Waals surface area (Å²) < 4.78 is 4.83. The first kappa shape index (κ1) is 16.2. The van der Waals surface area contributed by atoms with Crippen LogP contribution < -0.4 is 10.2 Å². The predicted molar refractivity (Wildman–Crippen MR) is 93.7 cm³/mol. The molecule has 1 fully saturated rings. The van der Waals surface area contributed by atoms with E-state index in [2.05, 4.69) is 27.1 Å². The summed E-state index contributed by atoms with van der Waals surface area (Å²) in [6, 6.07) is 9.15. The summed E-state index contributed by atoms with van der Waals surface area (Å²) in [6.07, 6.45) is 4.00. The van der Waals surface area contributed by atoms with Crippen molar-refractivity contribution in [1.29, 1.82) is 0 Å². The van der Waals surface area contributed by atoms with E-state index in [0.717, 1.165) is 18.9 Å². The van der Waals surface area contributed by atoms with Crippen LogP contribution in [-0.2, 0) is 4.74 Å². The Labute approximate surface area is 141 Å². The highest BCUT2D eigenvalue weighted by atomic mass is 16.5. The van der Waals surface area contributed by atoms with E-state index in [-0.39, 0.29) is 5.97 Å². The van der Waals surface area contributed by atoms with E-state index >= 15 is 0 Å². The van der Waals surface area contributed by atoms with Gasteiger partial charge in [-0.2, -0.15) is 0 Å². The monoisotopic (exact) mass is 326 g/mol. The lowest BCUT2D eigenvalue weighted by Gasteiger charge is -2.31. The van der Waals surface area contributed by atoms with Crippen molar-refractivity contribution >= 4 is 23.3 Å². The van der Waals surface area contributed by atoms with Crippen LogP contribution in [0, 0.1) is 5.92 Å². The van der Waals surface area contributed by atoms with Gasteiger partial charge in [-0.1, -0.05) is 19.1 Å². The van der Waals surface area contributed by atoms with E-state index in [1.54, 1.807) is 18.5 Å². The van der Waals surface area contributed by atoms with Gasteiger partial charge in [0, 0.05) is 19.2 Å². The lowest BCUT2D eigenvalue weighted by molar-refractivity contribution is 0.0602. The minimum atomic E-state index is -0.378. The number of nitrogens with one attached hydrogen (secondary N) is 1. The molecule has 24 heavy (non-hydrogen) atoms. The fourth-order valence-electron chi connectivity index (χ4n) is 3.00. The Hall–Kier alpha value is -2.63. The van der Waals surface area contributed by atoms with Gasteiger partial charge in [-0.25, -0.2) is 14.8 Å². The maximum absolute atomic E-state index is 11.9. The first-order valence-electron chi connectivity index (χ1n) is 8.18. The van der Waals surface area contributed by atoms with Gasteiger partial charge in [0.1, 0.15) is 18.0 Å². The first-order valence-corrected chi connectivity index (χ1v) is 8.18. The van der Waals surface area contributed by atoms with Gasteiger partial charge in [-0.05, 0) is 30.9 Å². The fourth-order valence-corrected chi connectivity index (χ4v) is 3.00. The molecule has 1 N–H and O–H groups in total. The number of piperidine rings is 1. The molecule has 6 heteroatoms. The van der Waals surface area contributed by atoms with Crippen molar-refractivity contribution in [2.24, 2.45) is 5.92 Å². The van der Waals surface area contributed by atoms with Crippen LogP contribution in [0.15, 0.2) is 36.7 Å². The summed E-state index contributed by atoms with van der Waals surface area (Å²) in [5.74, 6) is 1.87. The van der Waals surface area contributed by atoms with Crippen LogP contribution in [0.4, 0.5) is 17.3 Å². The number of hydrogen-bond acceptors (Lipinski definition) is 6. The van der Waals surface area contributed by atoms with Gasteiger partial charge in [-0.15, -0.1) is 0 Å². The van der Waals surface area contributed by atoms with E-state index in [9.17, 15) is 4.79 Å². The largest absolute Gasteiger partial charge is 0.465 e. The molecule has 1 unspecified atom stereocenters. The molecule has 1 saturated heterocycles. The van der Waals surface area contributed by atoms with Gasteiger partial charge in [0.25, 0.3) is 0 Å². The number of rotatable bonds is 4. The standard InChI is InChI=1S/C18H22N4O2/c1-13-6-5-9-22(11-13)17-10-16(19-12-20-17)21-15-8-4-3-7-14(15)18(23)24-2/h3-4,7-8,10,12-13H,5-6,9,11H2,1-2H3,(H,19,20,21). The maximum atomic E-state index is 11.9. The van der Waals surface area contributed by atoms with Gasteiger partial charge in [0.05, 0.1) is 18.4 Å². The van der Waals surface area contributed by atoms with Crippen LogP contribution in [0.1, 0.15) is 30.1 Å². The number of carbonyl (C=O) groups excluding carboxylic acids is 1. The lowest BCUT2D eigenvalue weighted by Crippen LogP contribution is -2.34. The van der Waals surface area contributed by atoms with Crippen molar-refractivity contribution in [2.75, 3.05) is 30.4 Å². The third-order valence-corrected chi connectivity index (χ3v) is 4.23.